The average molecular weight is 316 g/mol. The zero-order valence-electron chi connectivity index (χ0n) is 11.8. The van der Waals surface area contributed by atoms with E-state index < -0.39 is 34.4 Å². The van der Waals surface area contributed by atoms with Crippen molar-refractivity contribution < 1.29 is 24.4 Å². The standard InChI is InChI=1S/C15H12N2O6/c18-13-12-11(14(19)20)10-5-6-15(12,23-10)7-16(13)8-1-3-9(4-2-8)17(21)22/h1-6,10-12H,7H2,(H,19,20)/t10-,11+,12+,15+/m1/s1. The highest BCUT2D eigenvalue weighted by atomic mass is 16.6. The number of anilines is 1. The molecule has 8 nitrogen and oxygen atoms in total. The Balaban J connectivity index is 1.69. The molecule has 1 N–H and O–H groups in total. The van der Waals surface area contributed by atoms with Crippen LogP contribution in [0, 0.1) is 22.0 Å². The van der Waals surface area contributed by atoms with E-state index in [0.717, 1.165) is 0 Å². The van der Waals surface area contributed by atoms with Gasteiger partial charge in [-0.2, -0.15) is 0 Å². The third kappa shape index (κ3) is 1.75. The number of ether oxygens (including phenoxy) is 1. The molecule has 1 aromatic rings. The largest absolute Gasteiger partial charge is 0.481 e. The number of fused-ring (bicyclic) bond motifs is 1. The summed E-state index contributed by atoms with van der Waals surface area (Å²) < 4.78 is 5.78. The average Bonchev–Trinajstić information content (AvgIpc) is 3.15. The van der Waals surface area contributed by atoms with Gasteiger partial charge in [0, 0.05) is 17.8 Å². The molecule has 3 aliphatic rings. The van der Waals surface area contributed by atoms with Gasteiger partial charge in [0.25, 0.3) is 5.69 Å². The first kappa shape index (κ1) is 13.9. The molecule has 1 amide bonds. The predicted octanol–water partition coefficient (Wildman–Crippen LogP) is 0.966. The number of amides is 1. The highest BCUT2D eigenvalue weighted by Gasteiger charge is 2.67. The van der Waals surface area contributed by atoms with E-state index in [1.165, 1.54) is 29.2 Å². The third-order valence-corrected chi connectivity index (χ3v) is 4.76. The van der Waals surface area contributed by atoms with E-state index >= 15 is 0 Å². The SMILES string of the molecule is O=C(O)[C@@H]1[C@H]2C(=O)N(c3ccc([N+](=O)[O-])cc3)C[C@@]23C=C[C@H]1O3. The highest BCUT2D eigenvalue weighted by Crippen LogP contribution is 2.52. The normalized spacial score (nSPS) is 34.0. The zero-order chi connectivity index (χ0) is 16.4. The molecule has 2 saturated heterocycles. The van der Waals surface area contributed by atoms with Crippen LogP contribution in [0.25, 0.3) is 0 Å². The first-order chi connectivity index (χ1) is 10.9. The molecule has 1 spiro atoms. The van der Waals surface area contributed by atoms with Crippen LogP contribution in [0.4, 0.5) is 11.4 Å². The van der Waals surface area contributed by atoms with Crippen molar-refractivity contribution in [2.24, 2.45) is 11.8 Å². The van der Waals surface area contributed by atoms with Crippen LogP contribution >= 0.6 is 0 Å². The maximum Gasteiger partial charge on any atom is 0.310 e. The summed E-state index contributed by atoms with van der Waals surface area (Å²) in [6.45, 7) is 0.213. The van der Waals surface area contributed by atoms with Crippen molar-refractivity contribution in [1.82, 2.24) is 0 Å². The summed E-state index contributed by atoms with van der Waals surface area (Å²) in [4.78, 5) is 35.8. The van der Waals surface area contributed by atoms with E-state index in [4.69, 9.17) is 4.74 Å². The fourth-order valence-corrected chi connectivity index (χ4v) is 3.75. The number of hydrogen-bond acceptors (Lipinski definition) is 5. The molecular formula is C15H12N2O6. The molecule has 8 heteroatoms. The van der Waals surface area contributed by atoms with Crippen LogP contribution in [-0.4, -0.2) is 40.2 Å². The summed E-state index contributed by atoms with van der Waals surface area (Å²) in [5, 5.41) is 20.1. The fraction of sp³-hybridized carbons (Fsp3) is 0.333. The van der Waals surface area contributed by atoms with Gasteiger partial charge in [0.2, 0.25) is 5.91 Å². The number of carboxylic acid groups (broad SMARTS) is 1. The van der Waals surface area contributed by atoms with E-state index in [9.17, 15) is 24.8 Å². The van der Waals surface area contributed by atoms with Gasteiger partial charge in [0.15, 0.2) is 0 Å². The molecule has 23 heavy (non-hydrogen) atoms. The third-order valence-electron chi connectivity index (χ3n) is 4.76. The Morgan fingerprint density at radius 2 is 2.09 bits per heavy atom. The number of rotatable bonds is 3. The Kier molecular flexibility index (Phi) is 2.65. The smallest absolute Gasteiger partial charge is 0.310 e. The number of aliphatic carboxylic acids is 1. The number of hydrogen-bond donors (Lipinski definition) is 1. The zero-order valence-corrected chi connectivity index (χ0v) is 11.8. The highest BCUT2D eigenvalue weighted by molar-refractivity contribution is 6.02. The van der Waals surface area contributed by atoms with Crippen LogP contribution in [0.1, 0.15) is 0 Å². The van der Waals surface area contributed by atoms with Crippen LogP contribution in [-0.2, 0) is 14.3 Å². The van der Waals surface area contributed by atoms with E-state index in [-0.39, 0.29) is 18.1 Å². The molecular weight excluding hydrogens is 304 g/mol. The van der Waals surface area contributed by atoms with E-state index in [0.29, 0.717) is 5.69 Å². The first-order valence-electron chi connectivity index (χ1n) is 7.09. The van der Waals surface area contributed by atoms with E-state index in [1.807, 2.05) is 0 Å². The molecule has 2 bridgehead atoms. The van der Waals surface area contributed by atoms with Gasteiger partial charge in [0.05, 0.1) is 23.5 Å². The second kappa shape index (κ2) is 4.39. The lowest BCUT2D eigenvalue weighted by Gasteiger charge is -2.21. The molecule has 3 aliphatic heterocycles. The molecule has 2 fully saturated rings. The quantitative estimate of drug-likeness (QED) is 0.505. The molecule has 0 aliphatic carbocycles. The van der Waals surface area contributed by atoms with Crippen molar-refractivity contribution in [3.05, 3.63) is 46.5 Å². The molecule has 4 atom stereocenters. The van der Waals surface area contributed by atoms with Gasteiger partial charge in [-0.25, -0.2) is 0 Å². The Hall–Kier alpha value is -2.74. The summed E-state index contributed by atoms with van der Waals surface area (Å²) in [6.07, 6.45) is 2.90. The van der Waals surface area contributed by atoms with Crippen molar-refractivity contribution in [2.45, 2.75) is 11.7 Å². The summed E-state index contributed by atoms with van der Waals surface area (Å²) in [5.41, 5.74) is -0.486. The lowest BCUT2D eigenvalue weighted by Crippen LogP contribution is -2.39. The Morgan fingerprint density at radius 1 is 1.39 bits per heavy atom. The second-order valence-corrected chi connectivity index (χ2v) is 5.94. The van der Waals surface area contributed by atoms with Gasteiger partial charge in [-0.1, -0.05) is 12.2 Å². The Bertz CT molecular complexity index is 758. The van der Waals surface area contributed by atoms with Crippen LogP contribution in [0.3, 0.4) is 0 Å². The lowest BCUT2D eigenvalue weighted by molar-refractivity contribution is -0.384. The molecule has 3 heterocycles. The molecule has 4 rings (SSSR count). The maximum atomic E-state index is 12.7. The van der Waals surface area contributed by atoms with Gasteiger partial charge in [-0.05, 0) is 12.1 Å². The van der Waals surface area contributed by atoms with Gasteiger partial charge >= 0.3 is 5.97 Å². The topological polar surface area (TPSA) is 110 Å². The van der Waals surface area contributed by atoms with Crippen LogP contribution in [0.15, 0.2) is 36.4 Å². The number of carbonyl (C=O) groups is 2. The van der Waals surface area contributed by atoms with Gasteiger partial charge in [-0.3, -0.25) is 19.7 Å². The number of nitrogens with zero attached hydrogens (tertiary/aromatic N) is 2. The number of carboxylic acids is 1. The monoisotopic (exact) mass is 316 g/mol. The summed E-state index contributed by atoms with van der Waals surface area (Å²) in [7, 11) is 0. The van der Waals surface area contributed by atoms with Crippen molar-refractivity contribution in [3.63, 3.8) is 0 Å². The Morgan fingerprint density at radius 3 is 2.70 bits per heavy atom. The molecule has 0 unspecified atom stereocenters. The predicted molar refractivity (Wildman–Crippen MR) is 76.8 cm³/mol. The van der Waals surface area contributed by atoms with Gasteiger partial charge in [-0.15, -0.1) is 0 Å². The van der Waals surface area contributed by atoms with Gasteiger partial charge in [0.1, 0.15) is 11.5 Å². The van der Waals surface area contributed by atoms with Crippen LogP contribution in [0.2, 0.25) is 0 Å². The number of benzene rings is 1. The number of nitro groups is 1. The van der Waals surface area contributed by atoms with Crippen molar-refractivity contribution >= 4 is 23.3 Å². The molecule has 118 valence electrons. The van der Waals surface area contributed by atoms with Crippen LogP contribution in [0.5, 0.6) is 0 Å². The summed E-state index contributed by atoms with van der Waals surface area (Å²) in [6, 6.07) is 5.60. The minimum Gasteiger partial charge on any atom is -0.481 e. The van der Waals surface area contributed by atoms with Gasteiger partial charge < -0.3 is 14.7 Å². The Labute approximate surface area is 130 Å². The summed E-state index contributed by atoms with van der Waals surface area (Å²) in [5.74, 6) is -3.02. The van der Waals surface area contributed by atoms with Crippen LogP contribution < -0.4 is 4.90 Å². The molecule has 0 saturated carbocycles. The van der Waals surface area contributed by atoms with Crippen molar-refractivity contribution in [3.8, 4) is 0 Å². The molecule has 0 radical (unpaired) electrons. The number of carbonyl (C=O) groups excluding carboxylic acids is 1. The minimum atomic E-state index is -1.05. The fourth-order valence-electron chi connectivity index (χ4n) is 3.75. The lowest BCUT2D eigenvalue weighted by atomic mass is 9.77. The minimum absolute atomic E-state index is 0.0701. The van der Waals surface area contributed by atoms with E-state index in [2.05, 4.69) is 0 Å². The van der Waals surface area contributed by atoms with E-state index in [1.54, 1.807) is 12.2 Å². The maximum absolute atomic E-state index is 12.7. The number of nitro benzene ring substituents is 1. The first-order valence-corrected chi connectivity index (χ1v) is 7.09. The number of non-ortho nitro benzene ring substituents is 1. The molecule has 0 aromatic heterocycles. The summed E-state index contributed by atoms with van der Waals surface area (Å²) >= 11 is 0. The second-order valence-electron chi connectivity index (χ2n) is 5.94. The van der Waals surface area contributed by atoms with Crippen molar-refractivity contribution in [2.75, 3.05) is 11.4 Å². The van der Waals surface area contributed by atoms with Crippen molar-refractivity contribution in [1.29, 1.82) is 0 Å². The molecule has 1 aromatic carbocycles.